The van der Waals surface area contributed by atoms with Crippen molar-refractivity contribution in [3.63, 3.8) is 0 Å². The van der Waals surface area contributed by atoms with Crippen LogP contribution < -0.4 is 10.6 Å². The first-order chi connectivity index (χ1) is 8.85. The van der Waals surface area contributed by atoms with Gasteiger partial charge in [0.2, 0.25) is 5.91 Å². The molecule has 19 heavy (non-hydrogen) atoms. The Morgan fingerprint density at radius 2 is 2.00 bits per heavy atom. The number of carbonyl (C=O) groups excluding carboxylic acids is 1. The summed E-state index contributed by atoms with van der Waals surface area (Å²) < 4.78 is 39.3. The molecular weight excluding hydrogens is 261 g/mol. The number of hydrogen-bond donors (Lipinski definition) is 3. The Morgan fingerprint density at radius 3 is 2.42 bits per heavy atom. The normalized spacial score (nSPS) is 29.3. The van der Waals surface area contributed by atoms with Crippen LogP contribution in [0.1, 0.15) is 25.7 Å². The van der Waals surface area contributed by atoms with E-state index in [4.69, 9.17) is 5.11 Å². The molecule has 4 nitrogen and oxygen atoms in total. The number of amides is 1. The van der Waals surface area contributed by atoms with E-state index in [-0.39, 0.29) is 38.1 Å². The summed E-state index contributed by atoms with van der Waals surface area (Å²) in [6.07, 6.45) is -2.51. The van der Waals surface area contributed by atoms with Crippen LogP contribution in [0.2, 0.25) is 0 Å². The molecule has 3 N–H and O–H groups in total. The number of alkyl halides is 3. The summed E-state index contributed by atoms with van der Waals surface area (Å²) in [5.74, 6) is -0.936. The third kappa shape index (κ3) is 2.72. The molecule has 0 radical (unpaired) electrons. The van der Waals surface area contributed by atoms with E-state index in [1.807, 2.05) is 0 Å². The molecule has 110 valence electrons. The van der Waals surface area contributed by atoms with Crippen molar-refractivity contribution in [1.82, 2.24) is 10.6 Å². The van der Waals surface area contributed by atoms with Gasteiger partial charge in [-0.1, -0.05) is 0 Å². The molecular formula is C12H19F3N2O2. The van der Waals surface area contributed by atoms with E-state index in [0.717, 1.165) is 12.8 Å². The van der Waals surface area contributed by atoms with Gasteiger partial charge in [-0.25, -0.2) is 0 Å². The molecule has 0 spiro atoms. The van der Waals surface area contributed by atoms with Crippen molar-refractivity contribution >= 4 is 5.91 Å². The Labute approximate surface area is 109 Å². The highest BCUT2D eigenvalue weighted by atomic mass is 19.4. The quantitative estimate of drug-likeness (QED) is 0.698. The van der Waals surface area contributed by atoms with Gasteiger partial charge in [0.1, 0.15) is 0 Å². The van der Waals surface area contributed by atoms with Crippen molar-refractivity contribution in [2.75, 3.05) is 26.2 Å². The van der Waals surface area contributed by atoms with Crippen LogP contribution in [0.4, 0.5) is 13.2 Å². The topological polar surface area (TPSA) is 61.4 Å². The van der Waals surface area contributed by atoms with E-state index in [1.54, 1.807) is 0 Å². The first-order valence-electron chi connectivity index (χ1n) is 6.52. The molecule has 2 fully saturated rings. The number of rotatable bonds is 5. The van der Waals surface area contributed by atoms with Crippen molar-refractivity contribution in [3.8, 4) is 0 Å². The fourth-order valence-corrected chi connectivity index (χ4v) is 2.62. The minimum absolute atomic E-state index is 0.00183. The van der Waals surface area contributed by atoms with Crippen molar-refractivity contribution < 1.29 is 23.1 Å². The van der Waals surface area contributed by atoms with Gasteiger partial charge in [-0.15, -0.1) is 0 Å². The second-order valence-electron chi connectivity index (χ2n) is 5.66. The maximum Gasteiger partial charge on any atom is 0.404 e. The lowest BCUT2D eigenvalue weighted by Gasteiger charge is -2.30. The first-order valence-corrected chi connectivity index (χ1v) is 6.52. The molecule has 1 amide bonds. The lowest BCUT2D eigenvalue weighted by Crippen LogP contribution is -2.53. The summed E-state index contributed by atoms with van der Waals surface area (Å²) in [5.41, 5.74) is -2.47. The highest BCUT2D eigenvalue weighted by molar-refractivity contribution is 5.84. The van der Waals surface area contributed by atoms with E-state index in [2.05, 4.69) is 10.6 Å². The molecule has 2 rings (SSSR count). The van der Waals surface area contributed by atoms with Crippen LogP contribution in [0.15, 0.2) is 0 Å². The van der Waals surface area contributed by atoms with Gasteiger partial charge in [0, 0.05) is 19.7 Å². The third-order valence-electron chi connectivity index (χ3n) is 4.36. The SMILES string of the molecule is O=C(NCC1(CCO)CC1)C1(C(F)(F)F)CCNC1. The van der Waals surface area contributed by atoms with Crippen molar-refractivity contribution in [2.45, 2.75) is 31.9 Å². The van der Waals surface area contributed by atoms with E-state index in [1.165, 1.54) is 0 Å². The second kappa shape index (κ2) is 4.94. The lowest BCUT2D eigenvalue weighted by atomic mass is 9.85. The van der Waals surface area contributed by atoms with Gasteiger partial charge in [0.15, 0.2) is 5.41 Å². The fraction of sp³-hybridized carbons (Fsp3) is 0.917. The summed E-state index contributed by atoms with van der Waals surface area (Å²) in [6, 6.07) is 0. The van der Waals surface area contributed by atoms with Crippen LogP contribution in [0.5, 0.6) is 0 Å². The van der Waals surface area contributed by atoms with Crippen molar-refractivity contribution in [1.29, 1.82) is 0 Å². The average molecular weight is 280 g/mol. The minimum atomic E-state index is -4.53. The third-order valence-corrected chi connectivity index (χ3v) is 4.36. The average Bonchev–Trinajstić information content (AvgIpc) is 2.91. The van der Waals surface area contributed by atoms with Crippen molar-refractivity contribution in [2.24, 2.45) is 10.8 Å². The maximum atomic E-state index is 13.1. The summed E-state index contributed by atoms with van der Waals surface area (Å²) in [7, 11) is 0. The Hall–Kier alpha value is -0.820. The summed E-state index contributed by atoms with van der Waals surface area (Å²) in [5, 5.41) is 14.0. The summed E-state index contributed by atoms with van der Waals surface area (Å²) >= 11 is 0. The molecule has 1 aliphatic heterocycles. The van der Waals surface area contributed by atoms with E-state index < -0.39 is 17.5 Å². The van der Waals surface area contributed by atoms with E-state index in [9.17, 15) is 18.0 Å². The van der Waals surface area contributed by atoms with Gasteiger partial charge >= 0.3 is 6.18 Å². The zero-order valence-electron chi connectivity index (χ0n) is 10.6. The molecule has 1 saturated carbocycles. The van der Waals surface area contributed by atoms with E-state index in [0.29, 0.717) is 6.42 Å². The van der Waals surface area contributed by atoms with Gasteiger partial charge in [0.05, 0.1) is 0 Å². The first kappa shape index (κ1) is 14.6. The number of aliphatic hydroxyl groups is 1. The number of carbonyl (C=O) groups is 1. The van der Waals surface area contributed by atoms with Crippen molar-refractivity contribution in [3.05, 3.63) is 0 Å². The van der Waals surface area contributed by atoms with Gasteiger partial charge in [0.25, 0.3) is 0 Å². The van der Waals surface area contributed by atoms with Gasteiger partial charge in [-0.2, -0.15) is 13.2 Å². The van der Waals surface area contributed by atoms with Crippen LogP contribution in [0, 0.1) is 10.8 Å². The van der Waals surface area contributed by atoms with Crippen LogP contribution in [0.25, 0.3) is 0 Å². The molecule has 0 bridgehead atoms. The minimum Gasteiger partial charge on any atom is -0.396 e. The molecule has 7 heteroatoms. The standard InChI is InChI=1S/C12H19F3N2O2/c13-12(14,15)11(3-5-16-8-11)9(19)17-7-10(1-2-10)4-6-18/h16,18H,1-8H2,(H,17,19). The number of halogens is 3. The van der Waals surface area contributed by atoms with Crippen LogP contribution in [-0.4, -0.2) is 43.4 Å². The zero-order chi connectivity index (χ0) is 14.1. The molecule has 0 aromatic heterocycles. The number of hydrogen-bond acceptors (Lipinski definition) is 3. The summed E-state index contributed by atoms with van der Waals surface area (Å²) in [6.45, 7) is 0.0795. The Morgan fingerprint density at radius 1 is 1.32 bits per heavy atom. The molecule has 1 heterocycles. The fourth-order valence-electron chi connectivity index (χ4n) is 2.62. The van der Waals surface area contributed by atoms with Crippen LogP contribution >= 0.6 is 0 Å². The molecule has 1 saturated heterocycles. The smallest absolute Gasteiger partial charge is 0.396 e. The zero-order valence-corrected chi connectivity index (χ0v) is 10.6. The highest BCUT2D eigenvalue weighted by Crippen LogP contribution is 2.48. The molecule has 1 atom stereocenters. The number of nitrogens with one attached hydrogen (secondary N) is 2. The molecule has 0 aromatic rings. The molecule has 0 aromatic carbocycles. The molecule has 1 unspecified atom stereocenters. The largest absolute Gasteiger partial charge is 0.404 e. The lowest BCUT2D eigenvalue weighted by molar-refractivity contribution is -0.216. The monoisotopic (exact) mass is 280 g/mol. The van der Waals surface area contributed by atoms with Gasteiger partial charge < -0.3 is 15.7 Å². The molecule has 1 aliphatic carbocycles. The number of aliphatic hydroxyl groups excluding tert-OH is 1. The van der Waals surface area contributed by atoms with Crippen LogP contribution in [-0.2, 0) is 4.79 Å². The Bertz CT molecular complexity index is 347. The van der Waals surface area contributed by atoms with Crippen LogP contribution in [0.3, 0.4) is 0 Å². The predicted octanol–water partition coefficient (Wildman–Crippen LogP) is 0.807. The maximum absolute atomic E-state index is 13.1. The Kier molecular flexibility index (Phi) is 3.79. The highest BCUT2D eigenvalue weighted by Gasteiger charge is 2.61. The van der Waals surface area contributed by atoms with Gasteiger partial charge in [-0.3, -0.25) is 4.79 Å². The predicted molar refractivity (Wildman–Crippen MR) is 62.4 cm³/mol. The van der Waals surface area contributed by atoms with E-state index >= 15 is 0 Å². The molecule has 2 aliphatic rings. The van der Waals surface area contributed by atoms with Gasteiger partial charge in [-0.05, 0) is 37.6 Å². The second-order valence-corrected chi connectivity index (χ2v) is 5.66. The Balaban J connectivity index is 1.98. The summed E-state index contributed by atoms with van der Waals surface area (Å²) in [4.78, 5) is 12.0.